The van der Waals surface area contributed by atoms with Gasteiger partial charge in [-0.25, -0.2) is 9.37 Å². The Kier molecular flexibility index (Phi) is 9.45. The van der Waals surface area contributed by atoms with E-state index < -0.39 is 16.3 Å². The molecule has 2 bridgehead atoms. The third-order valence-corrected chi connectivity index (χ3v) is 11.9. The first-order chi connectivity index (χ1) is 21.9. The smallest absolute Gasteiger partial charge is 0.254 e. The Morgan fingerprint density at radius 2 is 1.72 bits per heavy atom. The van der Waals surface area contributed by atoms with Crippen LogP contribution < -0.4 is 5.32 Å². The van der Waals surface area contributed by atoms with Gasteiger partial charge in [0, 0.05) is 31.2 Å². The molecule has 2 aromatic carbocycles. The molecule has 1 N–H and O–H groups in total. The van der Waals surface area contributed by atoms with Gasteiger partial charge in [-0.05, 0) is 106 Å². The molecule has 0 aliphatic carbocycles. The predicted molar refractivity (Wildman–Crippen MR) is 182 cm³/mol. The summed E-state index contributed by atoms with van der Waals surface area (Å²) in [5, 5.41) is 2.80. The molecular weight excluding hydrogens is 624 g/mol. The molecule has 3 aliphatic rings. The normalized spacial score (nSPS) is 24.5. The van der Waals surface area contributed by atoms with E-state index in [1.54, 1.807) is 19.1 Å². The number of para-hydroxylation sites is 2. The van der Waals surface area contributed by atoms with Crippen LogP contribution in [0.4, 0.5) is 4.39 Å². The summed E-state index contributed by atoms with van der Waals surface area (Å²) in [7, 11) is 0. The number of piperidine rings is 2. The van der Waals surface area contributed by atoms with E-state index in [2.05, 4.69) is 46.0 Å². The maximum atomic E-state index is 14.6. The van der Waals surface area contributed by atoms with Crippen molar-refractivity contribution < 1.29 is 14.0 Å². The lowest BCUT2D eigenvalue weighted by Gasteiger charge is -2.47. The second-order valence-corrected chi connectivity index (χ2v) is 15.3. The summed E-state index contributed by atoms with van der Waals surface area (Å²) in [6.45, 7) is 9.69. The van der Waals surface area contributed by atoms with Crippen LogP contribution in [0.1, 0.15) is 83.1 Å². The number of carbonyl (C=O) groups excluding carboxylic acids is 2. The van der Waals surface area contributed by atoms with Gasteiger partial charge >= 0.3 is 0 Å². The Bertz CT molecular complexity index is 1570. The summed E-state index contributed by atoms with van der Waals surface area (Å²) in [4.78, 5) is 34.5. The molecule has 248 valence electrons. The second-order valence-electron chi connectivity index (χ2n) is 14.2. The number of hydrogen-bond donors (Lipinski definition) is 1. The van der Waals surface area contributed by atoms with Crippen molar-refractivity contribution in [3.8, 4) is 0 Å². The van der Waals surface area contributed by atoms with E-state index in [-0.39, 0.29) is 23.1 Å². The molecule has 46 heavy (non-hydrogen) atoms. The monoisotopic (exact) mass is 669 g/mol. The van der Waals surface area contributed by atoms with Crippen LogP contribution >= 0.6 is 23.2 Å². The van der Waals surface area contributed by atoms with Crippen molar-refractivity contribution in [3.63, 3.8) is 0 Å². The first-order valence-corrected chi connectivity index (χ1v) is 17.6. The van der Waals surface area contributed by atoms with Crippen molar-refractivity contribution in [2.75, 3.05) is 19.6 Å². The van der Waals surface area contributed by atoms with Crippen LogP contribution in [0.25, 0.3) is 11.0 Å². The third-order valence-electron chi connectivity index (χ3n) is 11.5. The Labute approximate surface area is 281 Å². The van der Waals surface area contributed by atoms with Gasteiger partial charge < -0.3 is 14.8 Å². The van der Waals surface area contributed by atoms with Crippen LogP contribution in [0, 0.1) is 18.7 Å². The minimum absolute atomic E-state index is 0.139. The highest BCUT2D eigenvalue weighted by Gasteiger charge is 2.47. The fraction of sp³-hybridized carbons (Fsp3) is 0.583. The molecule has 2 amide bonds. The number of fused-ring (bicyclic) bond motifs is 3. The third kappa shape index (κ3) is 6.17. The molecule has 1 aromatic heterocycles. The lowest BCUT2D eigenvalue weighted by molar-refractivity contribution is -0.144. The summed E-state index contributed by atoms with van der Waals surface area (Å²) in [5.41, 5.74) is 1.91. The van der Waals surface area contributed by atoms with Gasteiger partial charge in [0.25, 0.3) is 5.91 Å². The minimum atomic E-state index is -1.25. The van der Waals surface area contributed by atoms with Gasteiger partial charge in [-0.2, -0.15) is 0 Å². The number of halogens is 3. The molecule has 2 unspecified atom stereocenters. The summed E-state index contributed by atoms with van der Waals surface area (Å²) in [6.07, 6.45) is 6.98. The van der Waals surface area contributed by atoms with Gasteiger partial charge in [-0.15, -0.1) is 0 Å². The molecule has 0 radical (unpaired) electrons. The molecule has 4 heterocycles. The van der Waals surface area contributed by atoms with Crippen molar-refractivity contribution in [1.29, 1.82) is 0 Å². The van der Waals surface area contributed by atoms with E-state index in [9.17, 15) is 14.0 Å². The number of aryl methyl sites for hydroxylation is 1. The quantitative estimate of drug-likeness (QED) is 0.251. The van der Waals surface area contributed by atoms with Crippen molar-refractivity contribution in [2.24, 2.45) is 5.92 Å². The Morgan fingerprint density at radius 1 is 1.04 bits per heavy atom. The molecule has 0 saturated carbocycles. The molecule has 3 aliphatic heterocycles. The number of carbonyl (C=O) groups is 2. The van der Waals surface area contributed by atoms with Gasteiger partial charge in [-0.1, -0.05) is 61.3 Å². The van der Waals surface area contributed by atoms with E-state index in [1.807, 2.05) is 24.8 Å². The molecule has 6 rings (SSSR count). The largest absolute Gasteiger partial charge is 0.341 e. The van der Waals surface area contributed by atoms with Gasteiger partial charge in [0.1, 0.15) is 17.2 Å². The highest BCUT2D eigenvalue weighted by Crippen LogP contribution is 2.45. The SMILES string of the molecule is Cc1nc2ccccc2n1C1C[C@H]2CC[C@@H](C1)N2CCC1(c2cccc(F)c2)CCN(C(=O)C(C)(NC(=O)C(Cl)Cl)C(C)C)CC1. The molecule has 7 nitrogen and oxygen atoms in total. The average Bonchev–Trinajstić information content (AvgIpc) is 3.49. The second kappa shape index (κ2) is 13.1. The first-order valence-electron chi connectivity index (χ1n) is 16.8. The number of aromatic nitrogens is 2. The Balaban J connectivity index is 1.18. The molecule has 3 saturated heterocycles. The highest BCUT2D eigenvalue weighted by molar-refractivity contribution is 6.53. The number of hydrogen-bond acceptors (Lipinski definition) is 4. The van der Waals surface area contributed by atoms with E-state index in [1.165, 1.54) is 24.4 Å². The fourth-order valence-electron chi connectivity index (χ4n) is 8.51. The van der Waals surface area contributed by atoms with Crippen LogP contribution in [0.5, 0.6) is 0 Å². The van der Waals surface area contributed by atoms with E-state index >= 15 is 0 Å². The zero-order chi connectivity index (χ0) is 32.8. The minimum Gasteiger partial charge on any atom is -0.341 e. The number of nitrogens with zero attached hydrogens (tertiary/aromatic N) is 4. The van der Waals surface area contributed by atoms with Crippen LogP contribution in [0.2, 0.25) is 0 Å². The number of likely N-dealkylation sites (tertiary alicyclic amines) is 1. The lowest BCUT2D eigenvalue weighted by Crippen LogP contribution is -2.63. The van der Waals surface area contributed by atoms with E-state index in [0.29, 0.717) is 31.2 Å². The van der Waals surface area contributed by atoms with Crippen molar-refractivity contribution in [3.05, 3.63) is 65.7 Å². The molecule has 3 aromatic rings. The molecular formula is C36H46Cl2FN5O2. The van der Waals surface area contributed by atoms with E-state index in [0.717, 1.165) is 55.6 Å². The number of amides is 2. The Hall–Kier alpha value is -2.68. The van der Waals surface area contributed by atoms with Gasteiger partial charge in [0.15, 0.2) is 4.84 Å². The van der Waals surface area contributed by atoms with Gasteiger partial charge in [0.05, 0.1) is 11.0 Å². The maximum absolute atomic E-state index is 14.6. The van der Waals surface area contributed by atoms with Crippen LogP contribution in [0.3, 0.4) is 0 Å². The standard InChI is InChI=1S/C36H46Cl2FN5O2/c1-23(2)35(4,41-33(45)32(37)38)34(46)42-17-14-36(15-18-42,25-8-7-9-26(39)20-25)16-19-43-27-12-13-28(43)22-29(21-27)44-24(3)40-30-10-5-6-11-31(30)44/h5-11,20,23,27-29,32H,12-19,21-22H2,1-4H3,(H,41,45)/t27-,28+,29?,35?. The van der Waals surface area contributed by atoms with Gasteiger partial charge in [-0.3, -0.25) is 14.5 Å². The van der Waals surface area contributed by atoms with Crippen molar-refractivity contribution in [2.45, 2.75) is 107 Å². The first kappa shape index (κ1) is 33.2. The lowest BCUT2D eigenvalue weighted by atomic mass is 9.69. The fourth-order valence-corrected chi connectivity index (χ4v) is 8.62. The van der Waals surface area contributed by atoms with Gasteiger partial charge in [0.2, 0.25) is 5.91 Å². The number of rotatable bonds is 9. The summed E-state index contributed by atoms with van der Waals surface area (Å²) in [6, 6.07) is 16.9. The summed E-state index contributed by atoms with van der Waals surface area (Å²) < 4.78 is 17.1. The van der Waals surface area contributed by atoms with Crippen LogP contribution in [0.15, 0.2) is 48.5 Å². The number of benzene rings is 2. The Morgan fingerprint density at radius 3 is 2.35 bits per heavy atom. The molecule has 3 fully saturated rings. The zero-order valence-electron chi connectivity index (χ0n) is 27.3. The number of alkyl halides is 2. The average molecular weight is 671 g/mol. The number of nitrogens with one attached hydrogen (secondary N) is 1. The topological polar surface area (TPSA) is 70.5 Å². The highest BCUT2D eigenvalue weighted by atomic mass is 35.5. The van der Waals surface area contributed by atoms with Crippen LogP contribution in [-0.2, 0) is 15.0 Å². The van der Waals surface area contributed by atoms with E-state index in [4.69, 9.17) is 28.2 Å². The molecule has 0 spiro atoms. The summed E-state index contributed by atoms with van der Waals surface area (Å²) >= 11 is 11.6. The van der Waals surface area contributed by atoms with Crippen molar-refractivity contribution in [1.82, 2.24) is 24.7 Å². The molecule has 10 heteroatoms. The van der Waals surface area contributed by atoms with Crippen LogP contribution in [-0.4, -0.2) is 73.3 Å². The zero-order valence-corrected chi connectivity index (χ0v) is 28.8. The summed E-state index contributed by atoms with van der Waals surface area (Å²) in [5.74, 6) is -0.0306. The van der Waals surface area contributed by atoms with Crippen molar-refractivity contribution >= 4 is 46.0 Å². The predicted octanol–water partition coefficient (Wildman–Crippen LogP) is 6.94. The number of imidazole rings is 1. The molecule has 4 atom stereocenters. The maximum Gasteiger partial charge on any atom is 0.254 e.